The molecule has 1 aliphatic carbocycles. The number of benzene rings is 1. The van der Waals surface area contributed by atoms with Crippen LogP contribution >= 0.6 is 0 Å². The van der Waals surface area contributed by atoms with Crippen LogP contribution in [0.15, 0.2) is 18.2 Å². The maximum atomic E-state index is 13.2. The summed E-state index contributed by atoms with van der Waals surface area (Å²) >= 11 is 0. The molecule has 0 heterocycles. The molecule has 0 bridgehead atoms. The smallest absolute Gasteiger partial charge is 0.305 e. The maximum Gasteiger partial charge on any atom is 0.305 e. The number of hydrogen-bond acceptors (Lipinski definition) is 3. The number of rotatable bonds is 3. The van der Waals surface area contributed by atoms with Crippen LogP contribution in [-0.4, -0.2) is 11.5 Å². The van der Waals surface area contributed by atoms with Crippen molar-refractivity contribution in [1.82, 2.24) is 0 Å². The van der Waals surface area contributed by atoms with Crippen molar-refractivity contribution in [2.75, 3.05) is 6.54 Å². The molecule has 4 nitrogen and oxygen atoms in total. The van der Waals surface area contributed by atoms with E-state index in [0.717, 1.165) is 11.6 Å². The minimum atomic E-state index is -0.790. The van der Waals surface area contributed by atoms with Crippen LogP contribution < -0.4 is 5.73 Å². The fourth-order valence-electron chi connectivity index (χ4n) is 2.71. The molecule has 0 spiro atoms. The van der Waals surface area contributed by atoms with Crippen molar-refractivity contribution in [2.24, 2.45) is 17.1 Å². The number of halogens is 1. The van der Waals surface area contributed by atoms with Gasteiger partial charge in [-0.25, -0.2) is 0 Å². The molecule has 0 amide bonds. The first kappa shape index (κ1) is 12.0. The predicted octanol–water partition coefficient (Wildman–Crippen LogP) is 2.43. The Kier molecular flexibility index (Phi) is 2.66. The van der Waals surface area contributed by atoms with Crippen molar-refractivity contribution in [3.8, 4) is 0 Å². The van der Waals surface area contributed by atoms with Gasteiger partial charge in [-0.05, 0) is 35.4 Å². The number of nitro groups is 1. The zero-order valence-electron chi connectivity index (χ0n) is 9.81. The second-order valence-corrected chi connectivity index (χ2v) is 5.11. The minimum absolute atomic E-state index is 0.0421. The lowest BCUT2D eigenvalue weighted by Crippen LogP contribution is -2.05. The van der Waals surface area contributed by atoms with E-state index in [0.29, 0.717) is 12.5 Å². The van der Waals surface area contributed by atoms with Crippen molar-refractivity contribution < 1.29 is 9.31 Å². The number of hydrogen-bond donors (Lipinski definition) is 1. The summed E-state index contributed by atoms with van der Waals surface area (Å²) < 4.78 is 13.2. The Morgan fingerprint density at radius 2 is 2.18 bits per heavy atom. The standard InChI is InChI=1S/C12H15FN2O2/c1-12(2)8(6-14)11(12)7-3-4-9(13)10(5-7)15(16)17/h3-5,8,11H,6,14H2,1-2H3. The molecule has 2 rings (SSSR count). The number of nitrogens with zero attached hydrogens (tertiary/aromatic N) is 1. The topological polar surface area (TPSA) is 69.2 Å². The third-order valence-corrected chi connectivity index (χ3v) is 3.83. The summed E-state index contributed by atoms with van der Waals surface area (Å²) in [5, 5.41) is 10.7. The lowest BCUT2D eigenvalue weighted by atomic mass is 10.0. The molecule has 17 heavy (non-hydrogen) atoms. The summed E-state index contributed by atoms with van der Waals surface area (Å²) in [6, 6.07) is 4.11. The second-order valence-electron chi connectivity index (χ2n) is 5.11. The quantitative estimate of drug-likeness (QED) is 0.649. The first-order valence-corrected chi connectivity index (χ1v) is 5.53. The Morgan fingerprint density at radius 3 is 2.65 bits per heavy atom. The van der Waals surface area contributed by atoms with Crippen LogP contribution in [0, 0.1) is 27.3 Å². The van der Waals surface area contributed by atoms with E-state index in [1.54, 1.807) is 6.07 Å². The van der Waals surface area contributed by atoms with E-state index < -0.39 is 16.4 Å². The molecule has 2 N–H and O–H groups in total. The van der Waals surface area contributed by atoms with Gasteiger partial charge in [0, 0.05) is 6.07 Å². The van der Waals surface area contributed by atoms with Gasteiger partial charge < -0.3 is 5.73 Å². The van der Waals surface area contributed by atoms with Crippen molar-refractivity contribution >= 4 is 5.69 Å². The highest BCUT2D eigenvalue weighted by Gasteiger charge is 2.57. The lowest BCUT2D eigenvalue weighted by molar-refractivity contribution is -0.387. The summed E-state index contributed by atoms with van der Waals surface area (Å²) in [4.78, 5) is 9.98. The zero-order valence-corrected chi connectivity index (χ0v) is 9.81. The molecule has 92 valence electrons. The van der Waals surface area contributed by atoms with Gasteiger partial charge in [0.2, 0.25) is 5.82 Å². The SMILES string of the molecule is CC1(C)C(CN)C1c1ccc(F)c([N+](=O)[O-])c1. The zero-order chi connectivity index (χ0) is 12.8. The van der Waals surface area contributed by atoms with Crippen molar-refractivity contribution in [3.05, 3.63) is 39.7 Å². The fraction of sp³-hybridized carbons (Fsp3) is 0.500. The lowest BCUT2D eigenvalue weighted by Gasteiger charge is -2.03. The van der Waals surface area contributed by atoms with Crippen LogP contribution in [0.2, 0.25) is 0 Å². The summed E-state index contributed by atoms with van der Waals surface area (Å²) in [6.45, 7) is 4.69. The molecule has 0 aromatic heterocycles. The average Bonchev–Trinajstić information content (AvgIpc) is 2.81. The first-order chi connectivity index (χ1) is 7.89. The van der Waals surface area contributed by atoms with E-state index in [1.165, 1.54) is 6.07 Å². The highest BCUT2D eigenvalue weighted by atomic mass is 19.1. The Bertz CT molecular complexity index is 474. The van der Waals surface area contributed by atoms with Crippen molar-refractivity contribution in [3.63, 3.8) is 0 Å². The molecule has 0 saturated heterocycles. The Hall–Kier alpha value is -1.49. The van der Waals surface area contributed by atoms with E-state index in [2.05, 4.69) is 13.8 Å². The molecule has 0 radical (unpaired) electrons. The number of nitro benzene ring substituents is 1. The Morgan fingerprint density at radius 1 is 1.53 bits per heavy atom. The fourth-order valence-corrected chi connectivity index (χ4v) is 2.71. The number of nitrogens with two attached hydrogens (primary N) is 1. The summed E-state index contributed by atoms with van der Waals surface area (Å²) in [5.41, 5.74) is 6.05. The van der Waals surface area contributed by atoms with Gasteiger partial charge in [0.05, 0.1) is 4.92 Å². The highest BCUT2D eigenvalue weighted by molar-refractivity contribution is 5.42. The van der Waals surface area contributed by atoms with Gasteiger partial charge >= 0.3 is 5.69 Å². The third-order valence-electron chi connectivity index (χ3n) is 3.83. The van der Waals surface area contributed by atoms with Gasteiger partial charge in [-0.2, -0.15) is 4.39 Å². The van der Waals surface area contributed by atoms with E-state index in [9.17, 15) is 14.5 Å². The normalized spacial score (nSPS) is 25.6. The van der Waals surface area contributed by atoms with Gasteiger partial charge in [-0.1, -0.05) is 19.9 Å². The molecule has 2 unspecified atom stereocenters. The largest absolute Gasteiger partial charge is 0.330 e. The van der Waals surface area contributed by atoms with Gasteiger partial charge in [-0.3, -0.25) is 10.1 Å². The Balaban J connectivity index is 2.36. The van der Waals surface area contributed by atoms with Crippen LogP contribution in [0.1, 0.15) is 25.3 Å². The summed E-state index contributed by atoms with van der Waals surface area (Å²) in [5.74, 6) is -0.291. The molecule has 5 heteroatoms. The van der Waals surface area contributed by atoms with Crippen molar-refractivity contribution in [2.45, 2.75) is 19.8 Å². The van der Waals surface area contributed by atoms with Crippen LogP contribution in [0.5, 0.6) is 0 Å². The van der Waals surface area contributed by atoms with Crippen LogP contribution in [0.3, 0.4) is 0 Å². The second kappa shape index (κ2) is 3.77. The molecule has 0 aliphatic heterocycles. The van der Waals surface area contributed by atoms with E-state index in [1.807, 2.05) is 0 Å². The van der Waals surface area contributed by atoms with Gasteiger partial charge in [0.1, 0.15) is 0 Å². The molecular weight excluding hydrogens is 223 g/mol. The van der Waals surface area contributed by atoms with E-state index >= 15 is 0 Å². The molecule has 1 saturated carbocycles. The van der Waals surface area contributed by atoms with Crippen LogP contribution in [0.25, 0.3) is 0 Å². The monoisotopic (exact) mass is 238 g/mol. The van der Waals surface area contributed by atoms with E-state index in [4.69, 9.17) is 5.73 Å². The summed E-state index contributed by atoms with van der Waals surface area (Å²) in [7, 11) is 0. The van der Waals surface area contributed by atoms with Gasteiger partial charge in [0.25, 0.3) is 0 Å². The maximum absolute atomic E-state index is 13.2. The van der Waals surface area contributed by atoms with Gasteiger partial charge in [-0.15, -0.1) is 0 Å². The minimum Gasteiger partial charge on any atom is -0.330 e. The highest BCUT2D eigenvalue weighted by Crippen LogP contribution is 2.64. The predicted molar refractivity (Wildman–Crippen MR) is 62.1 cm³/mol. The third kappa shape index (κ3) is 1.80. The van der Waals surface area contributed by atoms with Crippen LogP contribution in [0.4, 0.5) is 10.1 Å². The summed E-state index contributed by atoms with van der Waals surface area (Å²) in [6.07, 6.45) is 0. The Labute approximate surface area is 98.8 Å². The molecule has 1 aliphatic rings. The average molecular weight is 238 g/mol. The van der Waals surface area contributed by atoms with Crippen LogP contribution in [-0.2, 0) is 0 Å². The molecule has 1 fully saturated rings. The molecule has 1 aromatic rings. The van der Waals surface area contributed by atoms with Gasteiger partial charge in [0.15, 0.2) is 0 Å². The first-order valence-electron chi connectivity index (χ1n) is 5.53. The molecular formula is C12H15FN2O2. The van der Waals surface area contributed by atoms with E-state index in [-0.39, 0.29) is 11.3 Å². The van der Waals surface area contributed by atoms with Crippen molar-refractivity contribution in [1.29, 1.82) is 0 Å². The molecule has 1 aromatic carbocycles. The molecule has 2 atom stereocenters.